The van der Waals surface area contributed by atoms with Crippen LogP contribution in [0.2, 0.25) is 0 Å². The third kappa shape index (κ3) is 3.61. The molecule has 0 spiro atoms. The maximum absolute atomic E-state index is 13.4. The third-order valence-corrected chi connectivity index (χ3v) is 5.31. The number of oxazole rings is 1. The minimum Gasteiger partial charge on any atom is -0.439 e. The van der Waals surface area contributed by atoms with Crippen LogP contribution in [0.4, 0.5) is 4.39 Å². The highest BCUT2D eigenvalue weighted by Crippen LogP contribution is 2.33. The van der Waals surface area contributed by atoms with Crippen LogP contribution in [0.25, 0.3) is 11.3 Å². The summed E-state index contributed by atoms with van der Waals surface area (Å²) in [6.45, 7) is 2.69. The molecule has 1 N–H and O–H groups in total. The average Bonchev–Trinajstić information content (AvgIpc) is 3.25. The smallest absolute Gasteiger partial charge is 0.209 e. The summed E-state index contributed by atoms with van der Waals surface area (Å²) in [6.07, 6.45) is 4.37. The van der Waals surface area contributed by atoms with Gasteiger partial charge >= 0.3 is 0 Å². The van der Waals surface area contributed by atoms with Gasteiger partial charge in [-0.25, -0.2) is 9.37 Å². The Kier molecular flexibility index (Phi) is 4.83. The lowest BCUT2D eigenvalue weighted by atomic mass is 9.94. The van der Waals surface area contributed by atoms with E-state index in [1.165, 1.54) is 12.1 Å². The van der Waals surface area contributed by atoms with Crippen molar-refractivity contribution in [1.29, 1.82) is 0 Å². The van der Waals surface area contributed by atoms with E-state index >= 15 is 0 Å². The van der Waals surface area contributed by atoms with E-state index in [9.17, 15) is 9.50 Å². The topological polar surface area (TPSA) is 58.7 Å². The van der Waals surface area contributed by atoms with Gasteiger partial charge in [0.05, 0.1) is 32.1 Å². The fraction of sp³-hybridized carbons (Fsp3) is 0.526. The van der Waals surface area contributed by atoms with Gasteiger partial charge in [-0.15, -0.1) is 0 Å². The molecule has 5 nitrogen and oxygen atoms in total. The van der Waals surface area contributed by atoms with Crippen molar-refractivity contribution >= 4 is 0 Å². The summed E-state index contributed by atoms with van der Waals surface area (Å²) in [5, 5.41) is 10.2. The van der Waals surface area contributed by atoms with Crippen LogP contribution in [0.5, 0.6) is 0 Å². The van der Waals surface area contributed by atoms with Gasteiger partial charge in [0.15, 0.2) is 5.76 Å². The zero-order valence-electron chi connectivity index (χ0n) is 14.1. The van der Waals surface area contributed by atoms with Gasteiger partial charge in [0, 0.05) is 24.1 Å². The van der Waals surface area contributed by atoms with Crippen molar-refractivity contribution in [3.63, 3.8) is 0 Å². The number of aromatic nitrogens is 1. The Morgan fingerprint density at radius 2 is 2.24 bits per heavy atom. The second-order valence-corrected chi connectivity index (χ2v) is 6.90. The largest absolute Gasteiger partial charge is 0.439 e. The summed E-state index contributed by atoms with van der Waals surface area (Å²) in [7, 11) is 0. The summed E-state index contributed by atoms with van der Waals surface area (Å²) in [4.78, 5) is 6.66. The van der Waals surface area contributed by atoms with Gasteiger partial charge in [0.25, 0.3) is 0 Å². The van der Waals surface area contributed by atoms with E-state index in [1.807, 2.05) is 0 Å². The highest BCUT2D eigenvalue weighted by Gasteiger charge is 2.37. The number of benzene rings is 1. The first-order valence-corrected chi connectivity index (χ1v) is 8.91. The Labute approximate surface area is 146 Å². The van der Waals surface area contributed by atoms with E-state index in [0.29, 0.717) is 37.0 Å². The van der Waals surface area contributed by atoms with Gasteiger partial charge in [-0.3, -0.25) is 4.90 Å². The minimum atomic E-state index is -0.293. The van der Waals surface area contributed by atoms with E-state index in [4.69, 9.17) is 9.15 Å². The maximum Gasteiger partial charge on any atom is 0.209 e. The first-order chi connectivity index (χ1) is 12.2. The number of hydrogen-bond acceptors (Lipinski definition) is 5. The quantitative estimate of drug-likeness (QED) is 0.922. The summed E-state index contributed by atoms with van der Waals surface area (Å²) in [6, 6.07) is 6.50. The molecule has 0 radical (unpaired) electrons. The molecule has 1 aromatic carbocycles. The van der Waals surface area contributed by atoms with Crippen LogP contribution in [0.15, 0.2) is 34.9 Å². The number of nitrogens with zero attached hydrogens (tertiary/aromatic N) is 2. The lowest BCUT2D eigenvalue weighted by Gasteiger charge is -2.39. The van der Waals surface area contributed by atoms with Crippen LogP contribution in [0, 0.1) is 11.7 Å². The third-order valence-electron chi connectivity index (χ3n) is 5.31. The molecule has 1 saturated heterocycles. The lowest BCUT2D eigenvalue weighted by Crippen LogP contribution is -2.50. The highest BCUT2D eigenvalue weighted by molar-refractivity contribution is 5.56. The number of morpholine rings is 1. The van der Waals surface area contributed by atoms with Crippen LogP contribution in [0.3, 0.4) is 0 Å². The van der Waals surface area contributed by atoms with E-state index in [-0.39, 0.29) is 23.9 Å². The van der Waals surface area contributed by atoms with Crippen molar-refractivity contribution in [2.75, 3.05) is 19.8 Å². The van der Waals surface area contributed by atoms with Crippen molar-refractivity contribution in [3.8, 4) is 11.3 Å². The molecule has 6 heteroatoms. The van der Waals surface area contributed by atoms with Gasteiger partial charge < -0.3 is 14.3 Å². The molecule has 2 aromatic rings. The molecule has 0 bridgehead atoms. The molecule has 2 aliphatic rings. The molecule has 25 heavy (non-hydrogen) atoms. The lowest BCUT2D eigenvalue weighted by molar-refractivity contribution is -0.0562. The van der Waals surface area contributed by atoms with Gasteiger partial charge in [-0.2, -0.15) is 0 Å². The molecule has 0 amide bonds. The predicted octanol–water partition coefficient (Wildman–Crippen LogP) is 2.84. The van der Waals surface area contributed by atoms with Crippen LogP contribution < -0.4 is 0 Å². The molecule has 1 aliphatic carbocycles. The summed E-state index contributed by atoms with van der Waals surface area (Å²) in [5.41, 5.74) is 0.684. The van der Waals surface area contributed by atoms with Gasteiger partial charge in [0.2, 0.25) is 5.89 Å². The molecule has 134 valence electrons. The van der Waals surface area contributed by atoms with Crippen LogP contribution in [0.1, 0.15) is 25.2 Å². The van der Waals surface area contributed by atoms with Crippen LogP contribution in [-0.2, 0) is 11.3 Å². The minimum absolute atomic E-state index is 0.191. The zero-order valence-corrected chi connectivity index (χ0v) is 14.1. The van der Waals surface area contributed by atoms with Gasteiger partial charge in [-0.1, -0.05) is 18.6 Å². The molecule has 1 aliphatic heterocycles. The van der Waals surface area contributed by atoms with Crippen molar-refractivity contribution in [2.45, 2.75) is 38.0 Å². The monoisotopic (exact) mass is 346 g/mol. The van der Waals surface area contributed by atoms with Crippen molar-refractivity contribution in [1.82, 2.24) is 9.88 Å². The standard InChI is InChI=1S/C19H23FN2O3/c20-14-4-1-3-13(9-14)18-10-21-19(25-18)11-22-7-8-24-12-16(22)15-5-2-6-17(15)23/h1,3-4,9-10,15-17,23H,2,5-8,11-12H2/t15-,16+,17-/m1/s1. The second-order valence-electron chi connectivity index (χ2n) is 6.90. The number of rotatable bonds is 4. The Morgan fingerprint density at radius 3 is 3.04 bits per heavy atom. The first kappa shape index (κ1) is 16.7. The van der Waals surface area contributed by atoms with Crippen molar-refractivity contribution in [3.05, 3.63) is 42.2 Å². The van der Waals surface area contributed by atoms with Crippen LogP contribution in [-0.4, -0.2) is 46.9 Å². The molecule has 3 atom stereocenters. The number of aliphatic hydroxyl groups is 1. The first-order valence-electron chi connectivity index (χ1n) is 8.91. The highest BCUT2D eigenvalue weighted by atomic mass is 19.1. The zero-order chi connectivity index (χ0) is 17.2. The summed E-state index contributed by atoms with van der Waals surface area (Å²) in [5.74, 6) is 1.13. The average molecular weight is 346 g/mol. The summed E-state index contributed by atoms with van der Waals surface area (Å²) >= 11 is 0. The molecule has 4 rings (SSSR count). The van der Waals surface area contributed by atoms with Crippen molar-refractivity contribution < 1.29 is 18.7 Å². The SMILES string of the molecule is O[C@@H]1CCC[C@@H]1[C@@H]1COCCN1Cc1ncc(-c2cccc(F)c2)o1. The van der Waals surface area contributed by atoms with Gasteiger partial charge in [-0.05, 0) is 25.0 Å². The normalized spacial score (nSPS) is 27.7. The Hall–Kier alpha value is -1.76. The number of ether oxygens (including phenoxy) is 1. The molecule has 2 heterocycles. The number of aliphatic hydroxyl groups excluding tert-OH is 1. The molecular weight excluding hydrogens is 323 g/mol. The molecule has 0 unspecified atom stereocenters. The molecule has 1 aromatic heterocycles. The van der Waals surface area contributed by atoms with Crippen molar-refractivity contribution in [2.24, 2.45) is 5.92 Å². The second kappa shape index (κ2) is 7.23. The molecule has 2 fully saturated rings. The predicted molar refractivity (Wildman–Crippen MR) is 90.3 cm³/mol. The molecule has 1 saturated carbocycles. The molecular formula is C19H23FN2O3. The summed E-state index contributed by atoms with van der Waals surface area (Å²) < 4.78 is 24.9. The maximum atomic E-state index is 13.4. The van der Waals surface area contributed by atoms with E-state index in [1.54, 1.807) is 18.3 Å². The number of hydrogen-bond donors (Lipinski definition) is 1. The Balaban J connectivity index is 1.49. The van der Waals surface area contributed by atoms with Gasteiger partial charge in [0.1, 0.15) is 5.82 Å². The van der Waals surface area contributed by atoms with E-state index in [0.717, 1.165) is 25.8 Å². The fourth-order valence-electron chi connectivity index (χ4n) is 4.00. The Bertz CT molecular complexity index is 720. The Morgan fingerprint density at radius 1 is 1.32 bits per heavy atom. The van der Waals surface area contributed by atoms with E-state index in [2.05, 4.69) is 9.88 Å². The van der Waals surface area contributed by atoms with Crippen LogP contribution >= 0.6 is 0 Å². The number of halogens is 1. The van der Waals surface area contributed by atoms with E-state index < -0.39 is 0 Å². The fourth-order valence-corrected chi connectivity index (χ4v) is 4.00.